The van der Waals surface area contributed by atoms with Crippen molar-refractivity contribution in [1.82, 2.24) is 4.90 Å². The fourth-order valence-electron chi connectivity index (χ4n) is 1.92. The van der Waals surface area contributed by atoms with Crippen molar-refractivity contribution >= 4 is 17.8 Å². The van der Waals surface area contributed by atoms with E-state index in [1.54, 1.807) is 27.7 Å². The third-order valence-corrected chi connectivity index (χ3v) is 2.66. The second-order valence-corrected chi connectivity index (χ2v) is 5.42. The lowest BCUT2D eigenvalue weighted by molar-refractivity contribution is -0.155. The molecule has 0 N–H and O–H groups in total. The molecule has 1 aliphatic rings. The van der Waals surface area contributed by atoms with Crippen molar-refractivity contribution in [2.24, 2.45) is 0 Å². The Hall–Kier alpha value is -1.59. The van der Waals surface area contributed by atoms with Crippen LogP contribution in [0.15, 0.2) is 0 Å². The van der Waals surface area contributed by atoms with E-state index in [-0.39, 0.29) is 6.61 Å². The third kappa shape index (κ3) is 4.22. The van der Waals surface area contributed by atoms with E-state index in [0.717, 1.165) is 0 Å². The van der Waals surface area contributed by atoms with Crippen LogP contribution < -0.4 is 0 Å². The van der Waals surface area contributed by atoms with Crippen LogP contribution in [0.4, 0.5) is 4.79 Å². The molecular weight excluding hydrogens is 250 g/mol. The van der Waals surface area contributed by atoms with Crippen molar-refractivity contribution < 1.29 is 23.9 Å². The van der Waals surface area contributed by atoms with Crippen molar-refractivity contribution in [3.63, 3.8) is 0 Å². The molecule has 6 heteroatoms. The molecule has 1 saturated heterocycles. The van der Waals surface area contributed by atoms with Gasteiger partial charge in [0, 0.05) is 6.54 Å². The minimum absolute atomic E-state index is 0.143. The van der Waals surface area contributed by atoms with Crippen molar-refractivity contribution in [3.8, 4) is 0 Å². The summed E-state index contributed by atoms with van der Waals surface area (Å²) < 4.78 is 9.90. The maximum absolute atomic E-state index is 12.0. The second kappa shape index (κ2) is 6.04. The number of amides is 1. The summed E-state index contributed by atoms with van der Waals surface area (Å²) in [6.45, 7) is 7.45. The van der Waals surface area contributed by atoms with Gasteiger partial charge in [0.25, 0.3) is 5.78 Å². The monoisotopic (exact) mass is 271 g/mol. The summed E-state index contributed by atoms with van der Waals surface area (Å²) in [7, 11) is 0. The molecule has 0 aromatic rings. The van der Waals surface area contributed by atoms with Crippen LogP contribution in [0, 0.1) is 0 Å². The predicted molar refractivity (Wildman–Crippen MR) is 67.6 cm³/mol. The van der Waals surface area contributed by atoms with Crippen LogP contribution in [0.3, 0.4) is 0 Å². The number of carbonyl (C=O) groups is 3. The molecule has 0 aromatic heterocycles. The number of ether oxygens (including phenoxy) is 2. The first-order valence-corrected chi connectivity index (χ1v) is 6.47. The summed E-state index contributed by atoms with van der Waals surface area (Å²) in [4.78, 5) is 36.6. The molecule has 1 amide bonds. The predicted octanol–water partition coefficient (Wildman–Crippen LogP) is 1.52. The van der Waals surface area contributed by atoms with Gasteiger partial charge in [-0.2, -0.15) is 0 Å². The summed E-state index contributed by atoms with van der Waals surface area (Å²) in [6.07, 6.45) is 0.582. The summed E-state index contributed by atoms with van der Waals surface area (Å²) in [6, 6.07) is -0.756. The van der Waals surface area contributed by atoms with Gasteiger partial charge in [-0.15, -0.1) is 0 Å². The number of likely N-dealkylation sites (tertiary alicyclic amines) is 1. The highest BCUT2D eigenvalue weighted by Crippen LogP contribution is 2.21. The highest BCUT2D eigenvalue weighted by Gasteiger charge is 2.39. The van der Waals surface area contributed by atoms with Crippen LogP contribution in [0.5, 0.6) is 0 Å². The fraction of sp³-hybridized carbons (Fsp3) is 0.769. The van der Waals surface area contributed by atoms with Gasteiger partial charge in [-0.25, -0.2) is 9.59 Å². The van der Waals surface area contributed by atoms with Crippen molar-refractivity contribution in [2.45, 2.75) is 52.2 Å². The minimum atomic E-state index is -0.886. The normalized spacial score (nSPS) is 19.2. The van der Waals surface area contributed by atoms with Crippen molar-refractivity contribution in [1.29, 1.82) is 0 Å². The number of hydrogen-bond donors (Lipinski definition) is 0. The van der Waals surface area contributed by atoms with Gasteiger partial charge in [0.05, 0.1) is 6.61 Å². The number of carbonyl (C=O) groups excluding carboxylic acids is 3. The van der Waals surface area contributed by atoms with E-state index >= 15 is 0 Å². The Bertz CT molecular complexity index is 372. The van der Waals surface area contributed by atoms with Crippen LogP contribution in [-0.2, 0) is 19.1 Å². The molecule has 1 heterocycles. The van der Waals surface area contributed by atoms with E-state index in [1.165, 1.54) is 4.90 Å². The SMILES string of the molecule is CCOC(=O)C(=O)C1CCCN1C(=O)OC(C)(C)C. The molecule has 1 unspecified atom stereocenters. The number of Topliss-reactive ketones (excluding diaryl/α,β-unsaturated/α-hetero) is 1. The quantitative estimate of drug-likeness (QED) is 0.574. The zero-order valence-electron chi connectivity index (χ0n) is 11.9. The maximum atomic E-state index is 12.0. The van der Waals surface area contributed by atoms with E-state index < -0.39 is 29.5 Å². The Labute approximate surface area is 113 Å². The first-order valence-electron chi connectivity index (χ1n) is 6.47. The zero-order chi connectivity index (χ0) is 14.6. The number of hydrogen-bond acceptors (Lipinski definition) is 5. The molecule has 108 valence electrons. The summed E-state index contributed by atoms with van der Waals surface area (Å²) in [5, 5.41) is 0. The molecule has 0 aliphatic carbocycles. The number of nitrogens with zero attached hydrogens (tertiary/aromatic N) is 1. The molecule has 19 heavy (non-hydrogen) atoms. The fourth-order valence-corrected chi connectivity index (χ4v) is 1.92. The molecule has 1 atom stereocenters. The van der Waals surface area contributed by atoms with E-state index in [2.05, 4.69) is 4.74 Å². The molecule has 0 saturated carbocycles. The average Bonchev–Trinajstić information content (AvgIpc) is 2.74. The molecule has 1 fully saturated rings. The summed E-state index contributed by atoms with van der Waals surface area (Å²) in [5.74, 6) is -1.56. The van der Waals surface area contributed by atoms with E-state index in [1.807, 2.05) is 0 Å². The van der Waals surface area contributed by atoms with Crippen molar-refractivity contribution in [2.75, 3.05) is 13.2 Å². The van der Waals surface area contributed by atoms with Crippen LogP contribution in [0.1, 0.15) is 40.5 Å². The Morgan fingerprint density at radius 3 is 2.42 bits per heavy atom. The Morgan fingerprint density at radius 1 is 1.26 bits per heavy atom. The van der Waals surface area contributed by atoms with Crippen molar-refractivity contribution in [3.05, 3.63) is 0 Å². The van der Waals surface area contributed by atoms with Gasteiger partial charge in [0.2, 0.25) is 0 Å². The van der Waals surface area contributed by atoms with Gasteiger partial charge in [-0.3, -0.25) is 9.69 Å². The standard InChI is InChI=1S/C13H21NO5/c1-5-18-11(16)10(15)9-7-6-8-14(9)12(17)19-13(2,3)4/h9H,5-8H2,1-4H3. The summed E-state index contributed by atoms with van der Waals surface area (Å²) in [5.41, 5.74) is -0.628. The molecule has 0 spiro atoms. The number of ketones is 1. The van der Waals surface area contributed by atoms with Gasteiger partial charge in [-0.05, 0) is 40.5 Å². The van der Waals surface area contributed by atoms with Crippen LogP contribution in [0.2, 0.25) is 0 Å². The Morgan fingerprint density at radius 2 is 1.89 bits per heavy atom. The lowest BCUT2D eigenvalue weighted by Gasteiger charge is -2.27. The van der Waals surface area contributed by atoms with Gasteiger partial charge in [0.1, 0.15) is 11.6 Å². The molecule has 0 radical (unpaired) electrons. The molecule has 1 aliphatic heterocycles. The molecule has 0 aromatic carbocycles. The van der Waals surface area contributed by atoms with E-state index in [4.69, 9.17) is 4.74 Å². The Balaban J connectivity index is 2.71. The number of esters is 1. The largest absolute Gasteiger partial charge is 0.460 e. The van der Waals surface area contributed by atoms with Crippen LogP contribution in [0.25, 0.3) is 0 Å². The first-order chi connectivity index (χ1) is 8.76. The molecule has 6 nitrogen and oxygen atoms in total. The van der Waals surface area contributed by atoms with E-state index in [9.17, 15) is 14.4 Å². The lowest BCUT2D eigenvalue weighted by Crippen LogP contribution is -2.45. The van der Waals surface area contributed by atoms with Crippen LogP contribution in [-0.4, -0.2) is 47.5 Å². The zero-order valence-corrected chi connectivity index (χ0v) is 11.9. The van der Waals surface area contributed by atoms with E-state index in [0.29, 0.717) is 19.4 Å². The highest BCUT2D eigenvalue weighted by molar-refractivity contribution is 6.36. The van der Waals surface area contributed by atoms with Crippen LogP contribution >= 0.6 is 0 Å². The second-order valence-electron chi connectivity index (χ2n) is 5.42. The average molecular weight is 271 g/mol. The molecule has 0 bridgehead atoms. The molecular formula is C13H21NO5. The minimum Gasteiger partial charge on any atom is -0.460 e. The topological polar surface area (TPSA) is 72.9 Å². The lowest BCUT2D eigenvalue weighted by atomic mass is 10.1. The third-order valence-electron chi connectivity index (χ3n) is 2.66. The number of rotatable bonds is 3. The summed E-state index contributed by atoms with van der Waals surface area (Å²) >= 11 is 0. The van der Waals surface area contributed by atoms with Gasteiger partial charge < -0.3 is 9.47 Å². The van der Waals surface area contributed by atoms with Gasteiger partial charge >= 0.3 is 12.1 Å². The van der Waals surface area contributed by atoms with Gasteiger partial charge in [-0.1, -0.05) is 0 Å². The first kappa shape index (κ1) is 15.5. The molecule has 1 rings (SSSR count). The Kier molecular flexibility index (Phi) is 4.91. The van der Waals surface area contributed by atoms with Gasteiger partial charge in [0.15, 0.2) is 0 Å². The maximum Gasteiger partial charge on any atom is 0.410 e. The highest BCUT2D eigenvalue weighted by atomic mass is 16.6. The smallest absolute Gasteiger partial charge is 0.410 e.